The van der Waals surface area contributed by atoms with E-state index in [0.29, 0.717) is 5.89 Å². The van der Waals surface area contributed by atoms with E-state index in [1.165, 1.54) is 0 Å². The van der Waals surface area contributed by atoms with Crippen molar-refractivity contribution < 1.29 is 18.0 Å². The van der Waals surface area contributed by atoms with Crippen molar-refractivity contribution in [1.29, 1.82) is 0 Å². The fourth-order valence-electron chi connectivity index (χ4n) is 2.65. The van der Waals surface area contributed by atoms with Crippen LogP contribution >= 0.6 is 11.8 Å². The number of carbonyl (C=O) groups excluding carboxylic acids is 1. The molecule has 2 heterocycles. The van der Waals surface area contributed by atoms with Gasteiger partial charge >= 0.3 is 0 Å². The summed E-state index contributed by atoms with van der Waals surface area (Å²) < 4.78 is 32.6. The lowest BCUT2D eigenvalue weighted by Gasteiger charge is -2.10. The van der Waals surface area contributed by atoms with Gasteiger partial charge in [0.2, 0.25) is 5.91 Å². The van der Waals surface area contributed by atoms with Gasteiger partial charge in [0.15, 0.2) is 0 Å². The number of aromatic nitrogens is 3. The van der Waals surface area contributed by atoms with E-state index in [2.05, 4.69) is 20.5 Å². The third-order valence-corrected chi connectivity index (χ3v) is 4.99. The van der Waals surface area contributed by atoms with Gasteiger partial charge < -0.3 is 14.7 Å². The zero-order valence-corrected chi connectivity index (χ0v) is 15.4. The first-order valence-corrected chi connectivity index (χ1v) is 9.22. The molecule has 0 radical (unpaired) electrons. The molecule has 28 heavy (non-hydrogen) atoms. The van der Waals surface area contributed by atoms with Gasteiger partial charge in [-0.15, -0.1) is 10.2 Å². The van der Waals surface area contributed by atoms with Crippen molar-refractivity contribution in [1.82, 2.24) is 15.2 Å². The molecule has 0 fully saturated rings. The van der Waals surface area contributed by atoms with Crippen LogP contribution < -0.4 is 5.32 Å². The topological polar surface area (TPSA) is 83.8 Å². The minimum Gasteiger partial charge on any atom is -0.411 e. The summed E-state index contributed by atoms with van der Waals surface area (Å²) in [6.45, 7) is 1.60. The van der Waals surface area contributed by atoms with Crippen LogP contribution in [0.1, 0.15) is 6.92 Å². The molecule has 0 unspecified atom stereocenters. The average molecular weight is 400 g/mol. The van der Waals surface area contributed by atoms with Crippen molar-refractivity contribution in [3.05, 3.63) is 60.3 Å². The number of aromatic amines is 1. The Hall–Kier alpha value is -3.20. The third kappa shape index (κ3) is 3.61. The minimum absolute atomic E-state index is 0.197. The second kappa shape index (κ2) is 7.43. The predicted molar refractivity (Wildman–Crippen MR) is 102 cm³/mol. The monoisotopic (exact) mass is 400 g/mol. The Morgan fingerprint density at radius 2 is 2.04 bits per heavy atom. The number of benzene rings is 2. The van der Waals surface area contributed by atoms with Gasteiger partial charge in [-0.25, -0.2) is 8.78 Å². The molecule has 0 aliphatic rings. The number of nitrogens with zero attached hydrogens (tertiary/aromatic N) is 2. The number of fused-ring (bicyclic) bond motifs is 1. The summed E-state index contributed by atoms with van der Waals surface area (Å²) in [5, 5.41) is 10.8. The van der Waals surface area contributed by atoms with Gasteiger partial charge in [0.25, 0.3) is 11.1 Å². The van der Waals surface area contributed by atoms with E-state index >= 15 is 0 Å². The van der Waals surface area contributed by atoms with Gasteiger partial charge in [0, 0.05) is 23.2 Å². The number of para-hydroxylation sites is 1. The maximum Gasteiger partial charge on any atom is 0.277 e. The Kier molecular flexibility index (Phi) is 4.82. The van der Waals surface area contributed by atoms with E-state index in [9.17, 15) is 13.6 Å². The smallest absolute Gasteiger partial charge is 0.277 e. The van der Waals surface area contributed by atoms with Crippen molar-refractivity contribution in [3.63, 3.8) is 0 Å². The third-order valence-electron chi connectivity index (χ3n) is 4.06. The number of hydrogen-bond acceptors (Lipinski definition) is 5. The average Bonchev–Trinajstić information content (AvgIpc) is 3.31. The fraction of sp³-hybridized carbons (Fsp3) is 0.105. The Morgan fingerprint density at radius 3 is 2.89 bits per heavy atom. The van der Waals surface area contributed by atoms with Gasteiger partial charge in [-0.2, -0.15) is 0 Å². The molecular formula is C19H14F2N4O2S. The molecule has 0 bridgehead atoms. The molecule has 0 saturated heterocycles. The summed E-state index contributed by atoms with van der Waals surface area (Å²) >= 11 is 1.03. The van der Waals surface area contributed by atoms with Crippen LogP contribution in [0.5, 0.6) is 0 Å². The summed E-state index contributed by atoms with van der Waals surface area (Å²) in [4.78, 5) is 15.4. The first-order valence-electron chi connectivity index (χ1n) is 8.34. The molecule has 6 nitrogen and oxygen atoms in total. The van der Waals surface area contributed by atoms with Crippen molar-refractivity contribution >= 4 is 34.3 Å². The number of halogens is 2. The van der Waals surface area contributed by atoms with Gasteiger partial charge in [0.1, 0.15) is 11.6 Å². The molecule has 1 atom stereocenters. The summed E-state index contributed by atoms with van der Waals surface area (Å²) in [5.74, 6) is -1.55. The molecule has 4 rings (SSSR count). The molecule has 142 valence electrons. The molecule has 9 heteroatoms. The van der Waals surface area contributed by atoms with E-state index < -0.39 is 22.8 Å². The molecule has 0 saturated carbocycles. The lowest BCUT2D eigenvalue weighted by Crippen LogP contribution is -2.23. The van der Waals surface area contributed by atoms with Crippen LogP contribution in [0.25, 0.3) is 22.4 Å². The standard InChI is InChI=1S/C19H14F2N4O2S/c1-10(17(26)23-16-8-11(20)6-7-14(16)21)28-19-25-24-18(27-19)13-9-22-15-5-3-2-4-12(13)15/h2-10,22H,1H3,(H,23,26)/t10-/m0/s1. The lowest BCUT2D eigenvalue weighted by molar-refractivity contribution is -0.115. The number of nitrogens with one attached hydrogen (secondary N) is 2. The summed E-state index contributed by atoms with van der Waals surface area (Å²) in [5.41, 5.74) is 1.48. The fourth-order valence-corrected chi connectivity index (χ4v) is 3.33. The van der Waals surface area contributed by atoms with E-state index in [1.807, 2.05) is 24.3 Å². The predicted octanol–water partition coefficient (Wildman–Crippen LogP) is 4.62. The molecule has 2 aromatic carbocycles. The number of carbonyl (C=O) groups is 1. The number of H-pyrrole nitrogens is 1. The Bertz CT molecular complexity index is 1160. The van der Waals surface area contributed by atoms with Crippen LogP contribution in [0.15, 0.2) is 58.3 Å². The van der Waals surface area contributed by atoms with Crippen LogP contribution in [0.4, 0.5) is 14.5 Å². The Labute approximate surface area is 162 Å². The van der Waals surface area contributed by atoms with Crippen molar-refractivity contribution in [2.45, 2.75) is 17.4 Å². The van der Waals surface area contributed by atoms with Gasteiger partial charge in [-0.05, 0) is 25.1 Å². The van der Waals surface area contributed by atoms with Crippen LogP contribution in [-0.4, -0.2) is 26.3 Å². The number of amides is 1. The number of hydrogen-bond donors (Lipinski definition) is 2. The van der Waals surface area contributed by atoms with Gasteiger partial charge in [-0.1, -0.05) is 30.0 Å². The zero-order valence-electron chi connectivity index (χ0n) is 14.6. The summed E-state index contributed by atoms with van der Waals surface area (Å²) in [6, 6.07) is 10.5. The zero-order chi connectivity index (χ0) is 19.7. The van der Waals surface area contributed by atoms with E-state index in [0.717, 1.165) is 46.4 Å². The highest BCUT2D eigenvalue weighted by atomic mass is 32.2. The normalized spacial score (nSPS) is 12.2. The quantitative estimate of drug-likeness (QED) is 0.478. The molecule has 4 aromatic rings. The van der Waals surface area contributed by atoms with Crippen LogP contribution in [0, 0.1) is 11.6 Å². The van der Waals surface area contributed by atoms with E-state index in [-0.39, 0.29) is 10.9 Å². The number of thioether (sulfide) groups is 1. The molecule has 2 N–H and O–H groups in total. The maximum absolute atomic E-state index is 13.7. The first kappa shape index (κ1) is 18.2. The van der Waals surface area contributed by atoms with Gasteiger partial charge in [0.05, 0.1) is 16.5 Å². The highest BCUT2D eigenvalue weighted by molar-refractivity contribution is 8.00. The van der Waals surface area contributed by atoms with Crippen LogP contribution in [-0.2, 0) is 4.79 Å². The minimum atomic E-state index is -0.716. The highest BCUT2D eigenvalue weighted by Gasteiger charge is 2.21. The molecule has 0 aliphatic carbocycles. The number of rotatable bonds is 5. The molecule has 0 spiro atoms. The highest BCUT2D eigenvalue weighted by Crippen LogP contribution is 2.31. The second-order valence-corrected chi connectivity index (χ2v) is 7.29. The van der Waals surface area contributed by atoms with Crippen LogP contribution in [0.3, 0.4) is 0 Å². The molecule has 2 aromatic heterocycles. The van der Waals surface area contributed by atoms with Gasteiger partial charge in [-0.3, -0.25) is 4.79 Å². The molecule has 1 amide bonds. The molecule has 0 aliphatic heterocycles. The number of anilines is 1. The lowest BCUT2D eigenvalue weighted by atomic mass is 10.2. The largest absolute Gasteiger partial charge is 0.411 e. The second-order valence-electron chi connectivity index (χ2n) is 5.99. The summed E-state index contributed by atoms with van der Waals surface area (Å²) in [6.07, 6.45) is 1.77. The van der Waals surface area contributed by atoms with Crippen LogP contribution in [0.2, 0.25) is 0 Å². The Morgan fingerprint density at radius 1 is 1.21 bits per heavy atom. The van der Waals surface area contributed by atoms with Crippen molar-refractivity contribution in [2.75, 3.05) is 5.32 Å². The SMILES string of the molecule is C[C@H](Sc1nnc(-c2c[nH]c3ccccc23)o1)C(=O)Nc1cc(F)ccc1F. The summed E-state index contributed by atoms with van der Waals surface area (Å²) in [7, 11) is 0. The van der Waals surface area contributed by atoms with Crippen molar-refractivity contribution in [3.8, 4) is 11.5 Å². The molecular weight excluding hydrogens is 386 g/mol. The van der Waals surface area contributed by atoms with E-state index in [1.54, 1.807) is 13.1 Å². The Balaban J connectivity index is 1.47. The van der Waals surface area contributed by atoms with Crippen molar-refractivity contribution in [2.24, 2.45) is 0 Å². The first-order chi connectivity index (χ1) is 13.5. The maximum atomic E-state index is 13.7. The van der Waals surface area contributed by atoms with E-state index in [4.69, 9.17) is 4.42 Å².